The summed E-state index contributed by atoms with van der Waals surface area (Å²) in [7, 11) is 0. The third kappa shape index (κ3) is 3.44. The second kappa shape index (κ2) is 7.36. The van der Waals surface area contributed by atoms with Gasteiger partial charge in [0, 0.05) is 17.1 Å². The number of hydrogen-bond donors (Lipinski definition) is 1. The van der Waals surface area contributed by atoms with Crippen LogP contribution in [0.4, 0.5) is 10.1 Å². The number of nitrogens with one attached hydrogen (secondary N) is 1. The first-order chi connectivity index (χ1) is 13.5. The average Bonchev–Trinajstić information content (AvgIpc) is 3.11. The molecule has 140 valence electrons. The maximum Gasteiger partial charge on any atom is 0.270 e. The number of amides is 1. The van der Waals surface area contributed by atoms with Gasteiger partial charge in [-0.2, -0.15) is 0 Å². The lowest BCUT2D eigenvalue weighted by molar-refractivity contribution is 0.0988. The van der Waals surface area contributed by atoms with E-state index in [0.717, 1.165) is 0 Å². The molecule has 0 aliphatic carbocycles. The summed E-state index contributed by atoms with van der Waals surface area (Å²) >= 11 is 1.28. The molecule has 0 aliphatic rings. The maximum atomic E-state index is 13.6. The van der Waals surface area contributed by atoms with Gasteiger partial charge in [-0.3, -0.25) is 9.59 Å². The van der Waals surface area contributed by atoms with Gasteiger partial charge in [0.2, 0.25) is 5.56 Å². The normalized spacial score (nSPS) is 10.9. The number of benzene rings is 2. The molecule has 2 heterocycles. The Balaban J connectivity index is 1.83. The number of carbonyl (C=O) groups is 1. The molecule has 0 radical (unpaired) electrons. The Labute approximate surface area is 164 Å². The third-order valence-corrected chi connectivity index (χ3v) is 5.39. The molecular weight excluding hydrogens is 377 g/mol. The van der Waals surface area contributed by atoms with E-state index in [4.69, 9.17) is 0 Å². The molecule has 5 nitrogen and oxygen atoms in total. The van der Waals surface area contributed by atoms with Crippen LogP contribution in [0, 0.1) is 12.7 Å². The summed E-state index contributed by atoms with van der Waals surface area (Å²) in [6.45, 7) is 1.96. The number of anilines is 1. The van der Waals surface area contributed by atoms with E-state index in [1.807, 2.05) is 30.3 Å². The van der Waals surface area contributed by atoms with Crippen molar-refractivity contribution >= 4 is 33.8 Å². The Morgan fingerprint density at radius 2 is 1.96 bits per heavy atom. The molecule has 4 rings (SSSR count). The van der Waals surface area contributed by atoms with E-state index in [1.54, 1.807) is 23.4 Å². The third-order valence-electron chi connectivity index (χ3n) is 4.47. The summed E-state index contributed by atoms with van der Waals surface area (Å²) < 4.78 is 13.6. The van der Waals surface area contributed by atoms with E-state index in [1.165, 1.54) is 29.5 Å². The zero-order valence-electron chi connectivity index (χ0n) is 15.0. The van der Waals surface area contributed by atoms with Crippen LogP contribution in [0.5, 0.6) is 0 Å². The Morgan fingerprint density at radius 3 is 2.68 bits per heavy atom. The molecule has 0 spiro atoms. The van der Waals surface area contributed by atoms with Crippen LogP contribution < -0.4 is 10.5 Å². The fourth-order valence-electron chi connectivity index (χ4n) is 3.12. The Hall–Kier alpha value is -3.32. The van der Waals surface area contributed by atoms with Crippen molar-refractivity contribution in [2.45, 2.75) is 13.5 Å². The number of aryl methyl sites for hydroxylation is 1. The molecule has 0 aliphatic heterocycles. The molecule has 0 saturated heterocycles. The molecule has 2 aromatic heterocycles. The zero-order valence-corrected chi connectivity index (χ0v) is 15.8. The number of halogens is 1. The lowest BCUT2D eigenvalue weighted by Crippen LogP contribution is -2.31. The largest absolute Gasteiger partial charge is 0.322 e. The predicted molar refractivity (Wildman–Crippen MR) is 108 cm³/mol. The summed E-state index contributed by atoms with van der Waals surface area (Å²) in [5.41, 5.74) is 3.69. The number of para-hydroxylation sites is 1. The number of nitrogens with zero attached hydrogens (tertiary/aromatic N) is 2. The van der Waals surface area contributed by atoms with E-state index < -0.39 is 5.82 Å². The first-order valence-electron chi connectivity index (χ1n) is 8.61. The van der Waals surface area contributed by atoms with E-state index in [2.05, 4.69) is 9.97 Å². The van der Waals surface area contributed by atoms with Gasteiger partial charge in [-0.05, 0) is 42.8 Å². The van der Waals surface area contributed by atoms with Gasteiger partial charge in [0.25, 0.3) is 5.91 Å². The number of pyridine rings is 1. The average molecular weight is 393 g/mol. The topological polar surface area (TPSA) is 66.1 Å². The van der Waals surface area contributed by atoms with E-state index in [-0.39, 0.29) is 18.0 Å². The molecule has 0 bridgehead atoms. The van der Waals surface area contributed by atoms with Crippen LogP contribution in [0.15, 0.2) is 64.9 Å². The fourth-order valence-corrected chi connectivity index (χ4v) is 3.87. The van der Waals surface area contributed by atoms with Crippen LogP contribution in [0.3, 0.4) is 0 Å². The van der Waals surface area contributed by atoms with E-state index in [0.29, 0.717) is 32.7 Å². The van der Waals surface area contributed by atoms with Crippen molar-refractivity contribution in [3.8, 4) is 0 Å². The number of H-pyrrole nitrogens is 1. The molecule has 4 aromatic rings. The lowest BCUT2D eigenvalue weighted by Gasteiger charge is -2.23. The van der Waals surface area contributed by atoms with Gasteiger partial charge in [0.15, 0.2) is 0 Å². The number of rotatable bonds is 4. The summed E-state index contributed by atoms with van der Waals surface area (Å²) in [4.78, 5) is 34.3. The molecular formula is C21H16FN3O2S. The van der Waals surface area contributed by atoms with Gasteiger partial charge in [-0.15, -0.1) is 11.3 Å². The minimum Gasteiger partial charge on any atom is -0.322 e. The van der Waals surface area contributed by atoms with Gasteiger partial charge < -0.3 is 9.88 Å². The monoisotopic (exact) mass is 393 g/mol. The lowest BCUT2D eigenvalue weighted by atomic mass is 10.1. The molecule has 28 heavy (non-hydrogen) atoms. The van der Waals surface area contributed by atoms with Crippen LogP contribution in [-0.4, -0.2) is 15.9 Å². The van der Waals surface area contributed by atoms with Gasteiger partial charge >= 0.3 is 0 Å². The number of aromatic nitrogens is 2. The highest BCUT2D eigenvalue weighted by molar-refractivity contribution is 7.12. The molecule has 1 amide bonds. The van der Waals surface area contributed by atoms with Crippen LogP contribution in [0.25, 0.3) is 10.9 Å². The van der Waals surface area contributed by atoms with E-state index in [9.17, 15) is 14.0 Å². The number of thiazole rings is 1. The summed E-state index contributed by atoms with van der Waals surface area (Å²) in [5.74, 6) is -0.627. The predicted octanol–water partition coefficient (Wildman–Crippen LogP) is 4.28. The van der Waals surface area contributed by atoms with Gasteiger partial charge in [0.1, 0.15) is 10.7 Å². The van der Waals surface area contributed by atoms with Gasteiger partial charge in [-0.25, -0.2) is 9.37 Å². The van der Waals surface area contributed by atoms with Crippen LogP contribution in [0.2, 0.25) is 0 Å². The van der Waals surface area contributed by atoms with Crippen molar-refractivity contribution in [2.75, 3.05) is 4.90 Å². The molecule has 1 N–H and O–H groups in total. The fraction of sp³-hybridized carbons (Fsp3) is 0.0952. The van der Waals surface area contributed by atoms with Crippen molar-refractivity contribution < 1.29 is 9.18 Å². The first kappa shape index (κ1) is 18.1. The minimum absolute atomic E-state index is 0.173. The minimum atomic E-state index is -0.434. The number of aromatic amines is 1. The molecule has 0 saturated carbocycles. The molecule has 0 fully saturated rings. The van der Waals surface area contributed by atoms with Crippen molar-refractivity contribution in [3.05, 3.63) is 92.4 Å². The van der Waals surface area contributed by atoms with Crippen molar-refractivity contribution in [1.82, 2.24) is 9.97 Å². The van der Waals surface area contributed by atoms with Crippen molar-refractivity contribution in [3.63, 3.8) is 0 Å². The Bertz CT molecular complexity index is 1220. The number of hydrogen-bond acceptors (Lipinski definition) is 4. The highest BCUT2D eigenvalue weighted by Gasteiger charge is 2.22. The summed E-state index contributed by atoms with van der Waals surface area (Å²) in [6.07, 6.45) is 0. The molecule has 2 aromatic carbocycles. The highest BCUT2D eigenvalue weighted by Crippen LogP contribution is 2.25. The number of carbonyl (C=O) groups excluding carboxylic acids is 1. The second-order valence-corrected chi connectivity index (χ2v) is 7.20. The van der Waals surface area contributed by atoms with Gasteiger partial charge in [0.05, 0.1) is 23.3 Å². The molecule has 0 atom stereocenters. The SMILES string of the molecule is Cc1ncsc1C(=O)N(Cc1cc(=O)[nH]c2cc(F)ccc12)c1ccccc1. The second-order valence-electron chi connectivity index (χ2n) is 6.34. The van der Waals surface area contributed by atoms with E-state index >= 15 is 0 Å². The van der Waals surface area contributed by atoms with Crippen molar-refractivity contribution in [2.24, 2.45) is 0 Å². The Kier molecular flexibility index (Phi) is 4.75. The first-order valence-corrected chi connectivity index (χ1v) is 9.49. The van der Waals surface area contributed by atoms with Crippen molar-refractivity contribution in [1.29, 1.82) is 0 Å². The quantitative estimate of drug-likeness (QED) is 0.563. The molecule has 7 heteroatoms. The van der Waals surface area contributed by atoms with Crippen LogP contribution >= 0.6 is 11.3 Å². The summed E-state index contributed by atoms with van der Waals surface area (Å²) in [6, 6.07) is 14.9. The van der Waals surface area contributed by atoms with Crippen LogP contribution in [-0.2, 0) is 6.54 Å². The maximum absolute atomic E-state index is 13.6. The summed E-state index contributed by atoms with van der Waals surface area (Å²) in [5, 5.41) is 0.691. The standard InChI is InChI=1S/C21H16FN3O2S/c1-13-20(28-12-23-13)21(27)25(16-5-3-2-4-6-16)11-14-9-19(26)24-18-10-15(22)7-8-17(14)18/h2-10,12H,11H2,1H3,(H,24,26). The number of fused-ring (bicyclic) bond motifs is 1. The van der Waals surface area contributed by atoms with Crippen LogP contribution in [0.1, 0.15) is 20.9 Å². The van der Waals surface area contributed by atoms with Gasteiger partial charge in [-0.1, -0.05) is 18.2 Å². The smallest absolute Gasteiger partial charge is 0.270 e. The highest BCUT2D eigenvalue weighted by atomic mass is 32.1. The Morgan fingerprint density at radius 1 is 1.18 bits per heavy atom. The molecule has 0 unspecified atom stereocenters. The zero-order chi connectivity index (χ0) is 19.7.